The molecule has 0 spiro atoms. The molecule has 2 aliphatic rings. The molecule has 21 heavy (non-hydrogen) atoms. The summed E-state index contributed by atoms with van der Waals surface area (Å²) in [6.45, 7) is 8.59. The molecule has 0 aromatic heterocycles. The van der Waals surface area contributed by atoms with E-state index in [0.29, 0.717) is 19.7 Å². The molecule has 0 N–H and O–H groups in total. The molecule has 2 fully saturated rings. The first-order valence-corrected chi connectivity index (χ1v) is 9.16. The number of alkyl halides is 1. The molecule has 2 saturated heterocycles. The number of hydrogen-bond acceptors (Lipinski definition) is 4. The molecule has 2 aliphatic heterocycles. The van der Waals surface area contributed by atoms with Gasteiger partial charge >= 0.3 is 6.09 Å². The van der Waals surface area contributed by atoms with Crippen LogP contribution in [0.3, 0.4) is 0 Å². The standard InChI is InChI=1S/C15H26INO4/c1-14(2,3)21-13(18)17-7-5-15(11-16,6-8-17)20-12-4-9-19-10-12/h12H,4-11H2,1-3H3. The van der Waals surface area contributed by atoms with Crippen molar-refractivity contribution in [2.75, 3.05) is 30.7 Å². The molecule has 1 atom stereocenters. The zero-order chi connectivity index (χ0) is 15.5. The van der Waals surface area contributed by atoms with Crippen LogP contribution in [0.25, 0.3) is 0 Å². The monoisotopic (exact) mass is 411 g/mol. The number of nitrogens with zero attached hydrogens (tertiary/aromatic N) is 1. The van der Waals surface area contributed by atoms with Crippen LogP contribution < -0.4 is 0 Å². The number of piperidine rings is 1. The van der Waals surface area contributed by atoms with E-state index in [4.69, 9.17) is 14.2 Å². The number of ether oxygens (including phenoxy) is 3. The van der Waals surface area contributed by atoms with E-state index >= 15 is 0 Å². The van der Waals surface area contributed by atoms with Crippen LogP contribution >= 0.6 is 22.6 Å². The molecule has 0 aliphatic carbocycles. The first-order chi connectivity index (χ1) is 9.84. The van der Waals surface area contributed by atoms with Gasteiger partial charge in [0.05, 0.1) is 18.3 Å². The second-order valence-corrected chi connectivity index (χ2v) is 7.65. The van der Waals surface area contributed by atoms with Crippen molar-refractivity contribution in [3.63, 3.8) is 0 Å². The Labute approximate surface area is 140 Å². The van der Waals surface area contributed by atoms with Gasteiger partial charge in [0.15, 0.2) is 0 Å². The predicted molar refractivity (Wildman–Crippen MR) is 89.0 cm³/mol. The Morgan fingerprint density at radius 1 is 1.38 bits per heavy atom. The third kappa shape index (κ3) is 4.96. The van der Waals surface area contributed by atoms with E-state index in [1.807, 2.05) is 20.8 Å². The fourth-order valence-electron chi connectivity index (χ4n) is 2.67. The number of likely N-dealkylation sites (tertiary alicyclic amines) is 1. The highest BCUT2D eigenvalue weighted by atomic mass is 127. The zero-order valence-corrected chi connectivity index (χ0v) is 15.3. The normalized spacial score (nSPS) is 25.9. The molecule has 0 bridgehead atoms. The van der Waals surface area contributed by atoms with Gasteiger partial charge in [-0.2, -0.15) is 0 Å². The van der Waals surface area contributed by atoms with E-state index in [1.165, 1.54) is 0 Å². The van der Waals surface area contributed by atoms with Crippen LogP contribution in [-0.2, 0) is 14.2 Å². The van der Waals surface area contributed by atoms with Crippen LogP contribution in [0.1, 0.15) is 40.0 Å². The van der Waals surface area contributed by atoms with Gasteiger partial charge in [-0.1, -0.05) is 22.6 Å². The largest absolute Gasteiger partial charge is 0.444 e. The molecule has 0 aromatic carbocycles. The van der Waals surface area contributed by atoms with Crippen molar-refractivity contribution in [1.82, 2.24) is 4.90 Å². The summed E-state index contributed by atoms with van der Waals surface area (Å²) in [6, 6.07) is 0. The zero-order valence-electron chi connectivity index (χ0n) is 13.2. The average Bonchev–Trinajstić information content (AvgIpc) is 2.90. The summed E-state index contributed by atoms with van der Waals surface area (Å²) in [5.74, 6) is 0. The van der Waals surface area contributed by atoms with E-state index in [-0.39, 0.29) is 17.8 Å². The van der Waals surface area contributed by atoms with E-state index in [9.17, 15) is 4.79 Å². The molecule has 122 valence electrons. The van der Waals surface area contributed by atoms with Crippen molar-refractivity contribution in [2.24, 2.45) is 0 Å². The maximum atomic E-state index is 12.1. The number of halogens is 1. The maximum absolute atomic E-state index is 12.1. The van der Waals surface area contributed by atoms with Crippen LogP contribution in [-0.4, -0.2) is 59.0 Å². The molecular formula is C15H26INO4. The fraction of sp³-hybridized carbons (Fsp3) is 0.933. The summed E-state index contributed by atoms with van der Waals surface area (Å²) in [5, 5.41) is 0. The predicted octanol–water partition coefficient (Wildman–Crippen LogP) is 3.00. The molecular weight excluding hydrogens is 385 g/mol. The molecule has 1 amide bonds. The van der Waals surface area contributed by atoms with Crippen molar-refractivity contribution < 1.29 is 19.0 Å². The lowest BCUT2D eigenvalue weighted by Crippen LogP contribution is -2.51. The molecule has 5 nitrogen and oxygen atoms in total. The van der Waals surface area contributed by atoms with E-state index in [0.717, 1.165) is 30.3 Å². The third-order valence-corrected chi connectivity index (χ3v) is 5.26. The van der Waals surface area contributed by atoms with Crippen LogP contribution in [0, 0.1) is 0 Å². The number of rotatable bonds is 3. The van der Waals surface area contributed by atoms with E-state index in [1.54, 1.807) is 4.90 Å². The molecule has 0 radical (unpaired) electrons. The molecule has 0 saturated carbocycles. The Morgan fingerprint density at radius 2 is 2.05 bits per heavy atom. The first-order valence-electron chi connectivity index (χ1n) is 7.63. The quantitative estimate of drug-likeness (QED) is 0.529. The molecule has 1 unspecified atom stereocenters. The van der Waals surface area contributed by atoms with Crippen LogP contribution in [0.5, 0.6) is 0 Å². The van der Waals surface area contributed by atoms with Crippen LogP contribution in [0.4, 0.5) is 4.79 Å². The van der Waals surface area contributed by atoms with Crippen molar-refractivity contribution in [3.8, 4) is 0 Å². The van der Waals surface area contributed by atoms with Crippen LogP contribution in [0.15, 0.2) is 0 Å². The molecule has 2 heterocycles. The summed E-state index contributed by atoms with van der Waals surface area (Å²) in [5.41, 5.74) is -0.552. The molecule has 2 rings (SSSR count). The minimum absolute atomic E-state index is 0.114. The lowest BCUT2D eigenvalue weighted by atomic mass is 9.93. The highest BCUT2D eigenvalue weighted by Crippen LogP contribution is 2.32. The third-order valence-electron chi connectivity index (χ3n) is 3.87. The number of hydrogen-bond donors (Lipinski definition) is 0. The van der Waals surface area contributed by atoms with Gasteiger partial charge in [-0.25, -0.2) is 4.79 Å². The van der Waals surface area contributed by atoms with E-state index in [2.05, 4.69) is 22.6 Å². The van der Waals surface area contributed by atoms with Gasteiger partial charge in [-0.3, -0.25) is 0 Å². The summed E-state index contributed by atoms with van der Waals surface area (Å²) in [4.78, 5) is 13.9. The Bertz CT molecular complexity index is 355. The Balaban J connectivity index is 1.86. The van der Waals surface area contributed by atoms with Gasteiger partial charge in [-0.15, -0.1) is 0 Å². The molecule has 0 aromatic rings. The van der Waals surface area contributed by atoms with Gasteiger partial charge in [0, 0.05) is 24.1 Å². The van der Waals surface area contributed by atoms with Gasteiger partial charge in [0.1, 0.15) is 5.60 Å². The topological polar surface area (TPSA) is 48.0 Å². The van der Waals surface area contributed by atoms with Gasteiger partial charge in [0.2, 0.25) is 0 Å². The Morgan fingerprint density at radius 3 is 2.52 bits per heavy atom. The van der Waals surface area contributed by atoms with Gasteiger partial charge in [0.25, 0.3) is 0 Å². The number of amides is 1. The van der Waals surface area contributed by atoms with Crippen LogP contribution in [0.2, 0.25) is 0 Å². The smallest absolute Gasteiger partial charge is 0.410 e. The lowest BCUT2D eigenvalue weighted by molar-refractivity contribution is -0.106. The highest BCUT2D eigenvalue weighted by Gasteiger charge is 2.39. The van der Waals surface area contributed by atoms with Gasteiger partial charge < -0.3 is 19.1 Å². The summed E-state index contributed by atoms with van der Waals surface area (Å²) in [6.07, 6.45) is 2.72. The Kier molecular flexibility index (Phi) is 5.76. The number of carbonyl (C=O) groups is 1. The van der Waals surface area contributed by atoms with Crippen molar-refractivity contribution >= 4 is 28.7 Å². The van der Waals surface area contributed by atoms with E-state index < -0.39 is 5.60 Å². The summed E-state index contributed by atoms with van der Waals surface area (Å²) < 4.78 is 18.1. The minimum atomic E-state index is -0.438. The number of carbonyl (C=O) groups excluding carboxylic acids is 1. The molecule has 6 heteroatoms. The summed E-state index contributed by atoms with van der Waals surface area (Å²) in [7, 11) is 0. The summed E-state index contributed by atoms with van der Waals surface area (Å²) >= 11 is 2.39. The fourth-order valence-corrected chi connectivity index (χ4v) is 3.61. The first kappa shape index (κ1) is 17.3. The second-order valence-electron chi connectivity index (χ2n) is 6.89. The average molecular weight is 411 g/mol. The maximum Gasteiger partial charge on any atom is 0.410 e. The SMILES string of the molecule is CC(C)(C)OC(=O)N1CCC(CI)(OC2CCOC2)CC1. The van der Waals surface area contributed by atoms with Crippen molar-refractivity contribution in [1.29, 1.82) is 0 Å². The second kappa shape index (κ2) is 7.00. The van der Waals surface area contributed by atoms with Gasteiger partial charge in [-0.05, 0) is 40.0 Å². The highest BCUT2D eigenvalue weighted by molar-refractivity contribution is 14.1. The Hall–Kier alpha value is -0.0800. The minimum Gasteiger partial charge on any atom is -0.444 e. The van der Waals surface area contributed by atoms with Crippen molar-refractivity contribution in [3.05, 3.63) is 0 Å². The lowest BCUT2D eigenvalue weighted by Gasteiger charge is -2.42. The van der Waals surface area contributed by atoms with Crippen molar-refractivity contribution in [2.45, 2.75) is 57.3 Å².